The lowest BCUT2D eigenvalue weighted by atomic mass is 10.0. The van der Waals surface area contributed by atoms with Gasteiger partial charge in [0.2, 0.25) is 12.7 Å². The Hall–Kier alpha value is -3.22. The third-order valence-electron chi connectivity index (χ3n) is 4.42. The summed E-state index contributed by atoms with van der Waals surface area (Å²) in [5.74, 6) is 0.856. The van der Waals surface area contributed by atoms with E-state index in [1.165, 1.54) is 5.56 Å². The Balaban J connectivity index is 1.34. The summed E-state index contributed by atoms with van der Waals surface area (Å²) in [6.45, 7) is 1.11. The summed E-state index contributed by atoms with van der Waals surface area (Å²) in [4.78, 5) is 26.3. The summed E-state index contributed by atoms with van der Waals surface area (Å²) in [6.07, 6.45) is 2.01. The third-order valence-corrected chi connectivity index (χ3v) is 4.42. The Kier molecular flexibility index (Phi) is 4.35. The van der Waals surface area contributed by atoms with Crippen LogP contribution < -0.4 is 25.0 Å². The van der Waals surface area contributed by atoms with Crippen molar-refractivity contribution in [3.63, 3.8) is 0 Å². The maximum absolute atomic E-state index is 12.3. The minimum Gasteiger partial charge on any atom is -0.454 e. The first-order chi connectivity index (χ1) is 12.7. The number of hydrogen-bond donors (Lipinski definition) is 2. The molecule has 0 radical (unpaired) electrons. The molecule has 4 rings (SSSR count). The zero-order valence-electron chi connectivity index (χ0n) is 14.2. The zero-order valence-corrected chi connectivity index (χ0v) is 14.2. The normalized spacial score (nSPS) is 14.5. The Morgan fingerprint density at radius 1 is 1.08 bits per heavy atom. The molecule has 0 unspecified atom stereocenters. The second-order valence-corrected chi connectivity index (χ2v) is 6.22. The molecule has 7 nitrogen and oxygen atoms in total. The highest BCUT2D eigenvalue weighted by Gasteiger charge is 2.20. The Labute approximate surface area is 150 Å². The van der Waals surface area contributed by atoms with Gasteiger partial charge in [-0.15, -0.1) is 0 Å². The average molecular weight is 353 g/mol. The van der Waals surface area contributed by atoms with Gasteiger partial charge in [-0.25, -0.2) is 4.79 Å². The molecular formula is C19H19N3O4. The molecule has 0 aromatic heterocycles. The molecule has 0 saturated carbocycles. The molecule has 26 heavy (non-hydrogen) atoms. The topological polar surface area (TPSA) is 79.9 Å². The molecule has 2 heterocycles. The molecule has 2 aliphatic rings. The fourth-order valence-electron chi connectivity index (χ4n) is 3.25. The molecule has 2 N–H and O–H groups in total. The van der Waals surface area contributed by atoms with Gasteiger partial charge in [-0.05, 0) is 36.6 Å². The maximum Gasteiger partial charge on any atom is 0.325 e. The van der Waals surface area contributed by atoms with E-state index >= 15 is 0 Å². The largest absolute Gasteiger partial charge is 0.454 e. The van der Waals surface area contributed by atoms with Crippen molar-refractivity contribution in [1.29, 1.82) is 0 Å². The molecular weight excluding hydrogens is 334 g/mol. The van der Waals surface area contributed by atoms with Crippen LogP contribution >= 0.6 is 0 Å². The summed E-state index contributed by atoms with van der Waals surface area (Å²) in [5, 5.41) is 5.01. The van der Waals surface area contributed by atoms with Crippen molar-refractivity contribution in [3.8, 4) is 11.5 Å². The van der Waals surface area contributed by atoms with Crippen molar-refractivity contribution in [2.24, 2.45) is 0 Å². The monoisotopic (exact) mass is 353 g/mol. The molecule has 2 aromatic rings. The number of rotatable bonds is 3. The van der Waals surface area contributed by atoms with Gasteiger partial charge in [0, 0.05) is 24.0 Å². The van der Waals surface area contributed by atoms with E-state index in [9.17, 15) is 9.59 Å². The number of hydrogen-bond acceptors (Lipinski definition) is 5. The number of benzene rings is 2. The highest BCUT2D eigenvalue weighted by atomic mass is 16.7. The minimum absolute atomic E-state index is 0.144. The van der Waals surface area contributed by atoms with Crippen LogP contribution in [0.3, 0.4) is 0 Å². The average Bonchev–Trinajstić information content (AvgIpc) is 3.09. The van der Waals surface area contributed by atoms with Crippen molar-refractivity contribution >= 4 is 23.3 Å². The maximum atomic E-state index is 12.3. The van der Waals surface area contributed by atoms with Crippen molar-refractivity contribution in [2.45, 2.75) is 12.8 Å². The van der Waals surface area contributed by atoms with Crippen LogP contribution in [-0.2, 0) is 11.2 Å². The Morgan fingerprint density at radius 3 is 2.85 bits per heavy atom. The first kappa shape index (κ1) is 16.3. The van der Waals surface area contributed by atoms with Crippen LogP contribution in [0, 0.1) is 0 Å². The SMILES string of the molecule is O=C(CN1CCCc2ccccc21)NC(=O)Nc1ccc2c(c1)OCO2. The van der Waals surface area contributed by atoms with Gasteiger partial charge in [-0.2, -0.15) is 0 Å². The number of aryl methyl sites for hydroxylation is 1. The second kappa shape index (κ2) is 6.95. The molecule has 0 spiro atoms. The number of imide groups is 1. The lowest BCUT2D eigenvalue weighted by molar-refractivity contribution is -0.118. The van der Waals surface area contributed by atoms with Crippen molar-refractivity contribution in [2.75, 3.05) is 30.1 Å². The predicted octanol–water partition coefficient (Wildman–Crippen LogP) is 2.52. The van der Waals surface area contributed by atoms with Gasteiger partial charge >= 0.3 is 6.03 Å². The number of carbonyl (C=O) groups excluding carboxylic acids is 2. The van der Waals surface area contributed by atoms with E-state index in [1.807, 2.05) is 23.1 Å². The van der Waals surface area contributed by atoms with Crippen LogP contribution in [0.15, 0.2) is 42.5 Å². The third kappa shape index (κ3) is 3.42. The van der Waals surface area contributed by atoms with Gasteiger partial charge in [0.25, 0.3) is 0 Å². The van der Waals surface area contributed by atoms with Crippen LogP contribution in [0.5, 0.6) is 11.5 Å². The fraction of sp³-hybridized carbons (Fsp3) is 0.263. The van der Waals surface area contributed by atoms with Gasteiger partial charge in [0.1, 0.15) is 0 Å². The Bertz CT molecular complexity index is 852. The molecule has 0 bridgehead atoms. The number of anilines is 2. The number of nitrogens with one attached hydrogen (secondary N) is 2. The van der Waals surface area contributed by atoms with Crippen molar-refractivity contribution in [1.82, 2.24) is 5.32 Å². The summed E-state index contributed by atoms with van der Waals surface area (Å²) in [5.41, 5.74) is 2.82. The molecule has 0 aliphatic carbocycles. The highest BCUT2D eigenvalue weighted by Crippen LogP contribution is 2.34. The molecule has 134 valence electrons. The number of nitrogens with zero attached hydrogens (tertiary/aromatic N) is 1. The van der Waals surface area contributed by atoms with Crippen molar-refractivity contribution in [3.05, 3.63) is 48.0 Å². The highest BCUT2D eigenvalue weighted by molar-refractivity contribution is 6.02. The smallest absolute Gasteiger partial charge is 0.325 e. The van der Waals surface area contributed by atoms with Crippen LogP contribution in [0.1, 0.15) is 12.0 Å². The molecule has 0 fully saturated rings. The summed E-state index contributed by atoms with van der Waals surface area (Å²) >= 11 is 0. The summed E-state index contributed by atoms with van der Waals surface area (Å²) in [7, 11) is 0. The molecule has 2 aliphatic heterocycles. The van der Waals surface area contributed by atoms with Gasteiger partial charge in [-0.1, -0.05) is 18.2 Å². The second-order valence-electron chi connectivity index (χ2n) is 6.22. The number of amides is 3. The zero-order chi connectivity index (χ0) is 17.9. The molecule has 0 atom stereocenters. The van der Waals surface area contributed by atoms with E-state index < -0.39 is 6.03 Å². The quantitative estimate of drug-likeness (QED) is 0.886. The molecule has 3 amide bonds. The summed E-state index contributed by atoms with van der Waals surface area (Å²) in [6, 6.07) is 12.5. The number of ether oxygens (including phenoxy) is 2. The Morgan fingerprint density at radius 2 is 1.92 bits per heavy atom. The first-order valence-electron chi connectivity index (χ1n) is 8.52. The number of para-hydroxylation sites is 1. The van der Waals surface area contributed by atoms with E-state index in [-0.39, 0.29) is 19.2 Å². The molecule has 7 heteroatoms. The van der Waals surface area contributed by atoms with Gasteiger partial charge in [-0.3, -0.25) is 10.1 Å². The molecule has 0 saturated heterocycles. The van der Waals surface area contributed by atoms with E-state index in [0.717, 1.165) is 25.1 Å². The minimum atomic E-state index is -0.570. The van der Waals surface area contributed by atoms with Crippen LogP contribution in [0.2, 0.25) is 0 Å². The van der Waals surface area contributed by atoms with E-state index in [4.69, 9.17) is 9.47 Å². The number of urea groups is 1. The van der Waals surface area contributed by atoms with E-state index in [0.29, 0.717) is 17.2 Å². The number of carbonyl (C=O) groups is 2. The molecule has 2 aromatic carbocycles. The van der Waals surface area contributed by atoms with Crippen molar-refractivity contribution < 1.29 is 19.1 Å². The van der Waals surface area contributed by atoms with Gasteiger partial charge in [0.15, 0.2) is 11.5 Å². The van der Waals surface area contributed by atoms with E-state index in [1.54, 1.807) is 18.2 Å². The number of fused-ring (bicyclic) bond motifs is 2. The fourth-order valence-corrected chi connectivity index (χ4v) is 3.25. The lowest BCUT2D eigenvalue weighted by Gasteiger charge is -2.30. The predicted molar refractivity (Wildman–Crippen MR) is 96.7 cm³/mol. The van der Waals surface area contributed by atoms with Crippen LogP contribution in [-0.4, -0.2) is 31.8 Å². The summed E-state index contributed by atoms with van der Waals surface area (Å²) < 4.78 is 10.5. The van der Waals surface area contributed by atoms with Gasteiger partial charge in [0.05, 0.1) is 6.54 Å². The van der Waals surface area contributed by atoms with Crippen LogP contribution in [0.4, 0.5) is 16.2 Å². The first-order valence-corrected chi connectivity index (χ1v) is 8.52. The standard InChI is InChI=1S/C19H19N3O4/c23-18(11-22-9-3-5-13-4-1-2-6-15(13)22)21-19(24)20-14-7-8-16-17(10-14)26-12-25-16/h1-2,4,6-8,10H,3,5,9,11-12H2,(H2,20,21,23,24). The van der Waals surface area contributed by atoms with Gasteiger partial charge < -0.3 is 19.7 Å². The van der Waals surface area contributed by atoms with Crippen LogP contribution in [0.25, 0.3) is 0 Å². The lowest BCUT2D eigenvalue weighted by Crippen LogP contribution is -2.43. The van der Waals surface area contributed by atoms with E-state index in [2.05, 4.69) is 16.7 Å².